The maximum atomic E-state index is 11.9. The van der Waals surface area contributed by atoms with Gasteiger partial charge in [0.15, 0.2) is 0 Å². The molecule has 0 spiro atoms. The number of rotatable bonds is 6. The molecule has 2 heterocycles. The molecule has 140 valence electrons. The highest BCUT2D eigenvalue weighted by molar-refractivity contribution is 6.02. The number of aromatic nitrogens is 2. The second-order valence-corrected chi connectivity index (χ2v) is 7.17. The number of primary amides is 2. The summed E-state index contributed by atoms with van der Waals surface area (Å²) in [4.78, 5) is 23.7. The van der Waals surface area contributed by atoms with Crippen molar-refractivity contribution in [2.75, 3.05) is 5.32 Å². The van der Waals surface area contributed by atoms with E-state index >= 15 is 0 Å². The Labute approximate surface area is 157 Å². The van der Waals surface area contributed by atoms with Gasteiger partial charge in [-0.25, -0.2) is 4.52 Å². The molecule has 0 aliphatic rings. The number of nitrogens with two attached hydrogens (primary N) is 2. The zero-order chi connectivity index (χ0) is 19.8. The summed E-state index contributed by atoms with van der Waals surface area (Å²) in [6, 6.07) is 11.4. The van der Waals surface area contributed by atoms with Crippen molar-refractivity contribution in [2.45, 2.75) is 26.8 Å². The van der Waals surface area contributed by atoms with Crippen molar-refractivity contribution in [3.63, 3.8) is 0 Å². The van der Waals surface area contributed by atoms with Gasteiger partial charge in [0.25, 0.3) is 5.91 Å². The quantitative estimate of drug-likeness (QED) is 0.622. The van der Waals surface area contributed by atoms with E-state index in [2.05, 4.69) is 10.4 Å². The Morgan fingerprint density at radius 1 is 1.15 bits per heavy atom. The van der Waals surface area contributed by atoms with Crippen molar-refractivity contribution in [1.29, 1.82) is 0 Å². The minimum absolute atomic E-state index is 0.257. The van der Waals surface area contributed by atoms with E-state index in [9.17, 15) is 9.59 Å². The van der Waals surface area contributed by atoms with Crippen LogP contribution in [-0.4, -0.2) is 27.5 Å². The maximum absolute atomic E-state index is 11.9. The first kappa shape index (κ1) is 18.4. The van der Waals surface area contributed by atoms with Gasteiger partial charge in [0.1, 0.15) is 0 Å². The van der Waals surface area contributed by atoms with Crippen LogP contribution in [0.1, 0.15) is 31.1 Å². The normalized spacial score (nSPS) is 12.7. The van der Waals surface area contributed by atoms with E-state index < -0.39 is 17.2 Å². The number of fused-ring (bicyclic) bond motifs is 1. The molecule has 1 atom stereocenters. The van der Waals surface area contributed by atoms with Crippen molar-refractivity contribution < 1.29 is 9.59 Å². The van der Waals surface area contributed by atoms with Crippen LogP contribution >= 0.6 is 0 Å². The molecular weight excluding hydrogens is 342 g/mol. The van der Waals surface area contributed by atoms with Gasteiger partial charge in [-0.3, -0.25) is 9.59 Å². The average molecular weight is 365 g/mol. The predicted molar refractivity (Wildman–Crippen MR) is 105 cm³/mol. The minimum Gasteiger partial charge on any atom is -0.379 e. The summed E-state index contributed by atoms with van der Waals surface area (Å²) in [5.74, 6) is -1.03. The van der Waals surface area contributed by atoms with Crippen LogP contribution in [0.25, 0.3) is 16.6 Å². The molecule has 2 aromatic heterocycles. The SMILES string of the molecule is C[C@@H](Nc1c(C(N)=O)cnn2cc(-c3ccccc3)cc12)C(C)(C)C(N)=O. The molecule has 0 radical (unpaired) electrons. The van der Waals surface area contributed by atoms with Crippen LogP contribution in [0.5, 0.6) is 0 Å². The molecule has 3 aromatic rings. The molecule has 0 saturated carbocycles. The maximum Gasteiger partial charge on any atom is 0.252 e. The third-order valence-electron chi connectivity index (χ3n) is 5.09. The molecule has 0 aliphatic heterocycles. The minimum atomic E-state index is -0.829. The molecule has 3 rings (SSSR count). The fourth-order valence-corrected chi connectivity index (χ4v) is 2.79. The second-order valence-electron chi connectivity index (χ2n) is 7.17. The number of carbonyl (C=O) groups excluding carboxylic acids is 2. The lowest BCUT2D eigenvalue weighted by Gasteiger charge is -2.30. The van der Waals surface area contributed by atoms with Gasteiger partial charge in [-0.1, -0.05) is 30.3 Å². The van der Waals surface area contributed by atoms with E-state index in [1.807, 2.05) is 49.5 Å². The first-order valence-corrected chi connectivity index (χ1v) is 8.65. The Kier molecular flexibility index (Phi) is 4.61. The van der Waals surface area contributed by atoms with Gasteiger partial charge in [-0.2, -0.15) is 5.10 Å². The molecule has 0 saturated heterocycles. The zero-order valence-corrected chi connectivity index (χ0v) is 15.6. The lowest BCUT2D eigenvalue weighted by molar-refractivity contribution is -0.126. The number of benzene rings is 1. The van der Waals surface area contributed by atoms with Gasteiger partial charge in [-0.15, -0.1) is 0 Å². The van der Waals surface area contributed by atoms with Crippen molar-refractivity contribution in [1.82, 2.24) is 9.61 Å². The second kappa shape index (κ2) is 6.75. The van der Waals surface area contributed by atoms with E-state index in [0.29, 0.717) is 11.2 Å². The van der Waals surface area contributed by atoms with Crippen LogP contribution in [0.3, 0.4) is 0 Å². The van der Waals surface area contributed by atoms with Crippen molar-refractivity contribution in [3.05, 3.63) is 54.4 Å². The number of amides is 2. The van der Waals surface area contributed by atoms with Gasteiger partial charge in [0.2, 0.25) is 5.91 Å². The largest absolute Gasteiger partial charge is 0.379 e. The molecule has 0 fully saturated rings. The number of hydrogen-bond donors (Lipinski definition) is 3. The number of hydrogen-bond acceptors (Lipinski definition) is 4. The van der Waals surface area contributed by atoms with Gasteiger partial charge in [0.05, 0.1) is 28.4 Å². The fourth-order valence-electron chi connectivity index (χ4n) is 2.79. The number of nitrogens with zero attached hydrogens (tertiary/aromatic N) is 2. The topological polar surface area (TPSA) is 116 Å². The molecule has 2 amide bonds. The lowest BCUT2D eigenvalue weighted by Crippen LogP contribution is -2.44. The third kappa shape index (κ3) is 3.36. The summed E-state index contributed by atoms with van der Waals surface area (Å²) >= 11 is 0. The van der Waals surface area contributed by atoms with Gasteiger partial charge in [0, 0.05) is 17.8 Å². The summed E-state index contributed by atoms with van der Waals surface area (Å²) in [6.07, 6.45) is 3.31. The first-order valence-electron chi connectivity index (χ1n) is 8.65. The Balaban J connectivity index is 2.13. The standard InChI is InChI=1S/C20H23N5O2/c1-12(20(2,3)19(22)27)24-17-15(18(21)26)10-23-25-11-14(9-16(17)25)13-7-5-4-6-8-13/h4-12,24H,1-3H3,(H2,21,26)(H2,22,27)/t12-/m1/s1. The number of carbonyl (C=O) groups is 2. The smallest absolute Gasteiger partial charge is 0.252 e. The van der Waals surface area contributed by atoms with Gasteiger partial charge < -0.3 is 16.8 Å². The molecule has 1 aromatic carbocycles. The molecule has 27 heavy (non-hydrogen) atoms. The molecule has 0 aliphatic carbocycles. The molecule has 0 bridgehead atoms. The Bertz CT molecular complexity index is 1010. The number of anilines is 1. The first-order chi connectivity index (χ1) is 12.7. The van der Waals surface area contributed by atoms with Crippen LogP contribution in [0, 0.1) is 5.41 Å². The van der Waals surface area contributed by atoms with E-state index in [-0.39, 0.29) is 11.6 Å². The summed E-state index contributed by atoms with van der Waals surface area (Å²) in [7, 11) is 0. The Morgan fingerprint density at radius 3 is 2.41 bits per heavy atom. The number of nitrogens with one attached hydrogen (secondary N) is 1. The van der Waals surface area contributed by atoms with Crippen LogP contribution in [0.2, 0.25) is 0 Å². The Morgan fingerprint density at radius 2 is 1.81 bits per heavy atom. The summed E-state index contributed by atoms with van der Waals surface area (Å²) in [5, 5.41) is 7.56. The summed E-state index contributed by atoms with van der Waals surface area (Å²) < 4.78 is 1.68. The molecule has 7 heteroatoms. The van der Waals surface area contributed by atoms with Crippen LogP contribution < -0.4 is 16.8 Å². The predicted octanol–water partition coefficient (Wildman–Crippen LogP) is 2.41. The fraction of sp³-hybridized carbons (Fsp3) is 0.250. The van der Waals surface area contributed by atoms with E-state index in [1.165, 1.54) is 6.20 Å². The van der Waals surface area contributed by atoms with Crippen molar-refractivity contribution in [2.24, 2.45) is 16.9 Å². The monoisotopic (exact) mass is 365 g/mol. The highest BCUT2D eigenvalue weighted by Crippen LogP contribution is 2.31. The average Bonchev–Trinajstić information content (AvgIpc) is 3.07. The molecule has 5 N–H and O–H groups in total. The van der Waals surface area contributed by atoms with E-state index in [4.69, 9.17) is 11.5 Å². The lowest BCUT2D eigenvalue weighted by atomic mass is 9.84. The highest BCUT2D eigenvalue weighted by Gasteiger charge is 2.33. The molecular formula is C20H23N5O2. The van der Waals surface area contributed by atoms with Gasteiger partial charge >= 0.3 is 0 Å². The molecule has 7 nitrogen and oxygen atoms in total. The third-order valence-corrected chi connectivity index (χ3v) is 5.09. The van der Waals surface area contributed by atoms with E-state index in [0.717, 1.165) is 11.1 Å². The molecule has 0 unspecified atom stereocenters. The zero-order valence-electron chi connectivity index (χ0n) is 15.6. The summed E-state index contributed by atoms with van der Waals surface area (Å²) in [5.41, 5.74) is 13.7. The van der Waals surface area contributed by atoms with E-state index in [1.54, 1.807) is 18.4 Å². The van der Waals surface area contributed by atoms with Crippen LogP contribution in [0.4, 0.5) is 5.69 Å². The van der Waals surface area contributed by atoms with Crippen LogP contribution in [-0.2, 0) is 4.79 Å². The van der Waals surface area contributed by atoms with Gasteiger partial charge in [-0.05, 0) is 32.4 Å². The highest BCUT2D eigenvalue weighted by atomic mass is 16.1. The Hall–Kier alpha value is -3.35. The van der Waals surface area contributed by atoms with Crippen LogP contribution in [0.15, 0.2) is 48.8 Å². The summed E-state index contributed by atoms with van der Waals surface area (Å²) in [6.45, 7) is 5.35. The van der Waals surface area contributed by atoms with Crippen molar-refractivity contribution in [3.8, 4) is 11.1 Å². The van der Waals surface area contributed by atoms with Crippen molar-refractivity contribution >= 4 is 23.0 Å².